The summed E-state index contributed by atoms with van der Waals surface area (Å²) in [7, 11) is 0. The predicted molar refractivity (Wildman–Crippen MR) is 69.2 cm³/mol. The van der Waals surface area contributed by atoms with Crippen molar-refractivity contribution in [3.8, 4) is 0 Å². The lowest BCUT2D eigenvalue weighted by atomic mass is 9.93. The topological polar surface area (TPSA) is 38.3 Å². The van der Waals surface area contributed by atoms with Crippen molar-refractivity contribution >= 4 is 17.3 Å². The van der Waals surface area contributed by atoms with Crippen LogP contribution in [0.1, 0.15) is 24.6 Å². The van der Waals surface area contributed by atoms with Crippen LogP contribution in [0.15, 0.2) is 17.5 Å². The highest BCUT2D eigenvalue weighted by molar-refractivity contribution is 7.09. The van der Waals surface area contributed by atoms with Gasteiger partial charge < -0.3 is 10.1 Å². The van der Waals surface area contributed by atoms with Crippen molar-refractivity contribution in [1.29, 1.82) is 0 Å². The van der Waals surface area contributed by atoms with Crippen LogP contribution in [-0.2, 0) is 16.0 Å². The van der Waals surface area contributed by atoms with E-state index in [1.807, 2.05) is 11.4 Å². The van der Waals surface area contributed by atoms with Crippen molar-refractivity contribution < 1.29 is 9.53 Å². The molecule has 1 aromatic heterocycles. The average molecular weight is 253 g/mol. The molecule has 1 N–H and O–H groups in total. The van der Waals surface area contributed by atoms with Crippen molar-refractivity contribution in [3.63, 3.8) is 0 Å². The van der Waals surface area contributed by atoms with Gasteiger partial charge in [0.25, 0.3) is 0 Å². The van der Waals surface area contributed by atoms with Crippen LogP contribution in [0.4, 0.5) is 0 Å². The first-order valence-corrected chi connectivity index (χ1v) is 7.06. The number of nitrogens with one attached hydrogen (secondary N) is 1. The van der Waals surface area contributed by atoms with Gasteiger partial charge in [0.2, 0.25) is 0 Å². The molecule has 1 aliphatic heterocycles. The van der Waals surface area contributed by atoms with E-state index >= 15 is 0 Å². The van der Waals surface area contributed by atoms with Gasteiger partial charge in [-0.1, -0.05) is 6.07 Å². The number of piperidine rings is 1. The molecule has 1 saturated heterocycles. The standard InChI is InChI=1S/C13H19NO2S/c1-10-9-11(4-6-14-10)13(15)16-7-5-12-3-2-8-17-12/h2-3,8,10-11,14H,4-7,9H2,1H3. The van der Waals surface area contributed by atoms with Crippen molar-refractivity contribution in [1.82, 2.24) is 5.32 Å². The third kappa shape index (κ3) is 3.82. The van der Waals surface area contributed by atoms with E-state index in [1.54, 1.807) is 11.3 Å². The van der Waals surface area contributed by atoms with Crippen LogP contribution in [0, 0.1) is 5.92 Å². The largest absolute Gasteiger partial charge is 0.465 e. The van der Waals surface area contributed by atoms with Gasteiger partial charge in [0.05, 0.1) is 12.5 Å². The lowest BCUT2D eigenvalue weighted by Crippen LogP contribution is -2.39. The maximum atomic E-state index is 11.8. The van der Waals surface area contributed by atoms with E-state index in [-0.39, 0.29) is 11.9 Å². The van der Waals surface area contributed by atoms with E-state index in [0.717, 1.165) is 25.8 Å². The highest BCUT2D eigenvalue weighted by Gasteiger charge is 2.25. The first kappa shape index (κ1) is 12.6. The Kier molecular flexibility index (Phi) is 4.57. The summed E-state index contributed by atoms with van der Waals surface area (Å²) >= 11 is 1.71. The van der Waals surface area contributed by atoms with Gasteiger partial charge in [0.15, 0.2) is 0 Å². The van der Waals surface area contributed by atoms with E-state index in [2.05, 4.69) is 18.3 Å². The van der Waals surface area contributed by atoms with Gasteiger partial charge in [-0.15, -0.1) is 11.3 Å². The first-order valence-electron chi connectivity index (χ1n) is 6.18. The number of hydrogen-bond donors (Lipinski definition) is 1. The molecular weight excluding hydrogens is 234 g/mol. The van der Waals surface area contributed by atoms with Crippen LogP contribution < -0.4 is 5.32 Å². The molecule has 2 unspecified atom stereocenters. The lowest BCUT2D eigenvalue weighted by molar-refractivity contribution is -0.149. The van der Waals surface area contributed by atoms with Gasteiger partial charge in [0.1, 0.15) is 0 Å². The summed E-state index contributed by atoms with van der Waals surface area (Å²) in [6.45, 7) is 3.55. The van der Waals surface area contributed by atoms with Gasteiger partial charge in [-0.3, -0.25) is 4.79 Å². The summed E-state index contributed by atoms with van der Waals surface area (Å²) in [6.07, 6.45) is 2.64. The zero-order valence-corrected chi connectivity index (χ0v) is 11.0. The number of thiophene rings is 1. The fourth-order valence-corrected chi connectivity index (χ4v) is 2.86. The van der Waals surface area contributed by atoms with Crippen LogP contribution in [-0.4, -0.2) is 25.2 Å². The number of hydrogen-bond acceptors (Lipinski definition) is 4. The van der Waals surface area contributed by atoms with E-state index in [0.29, 0.717) is 12.6 Å². The Morgan fingerprint density at radius 1 is 1.65 bits per heavy atom. The van der Waals surface area contributed by atoms with Gasteiger partial charge in [0, 0.05) is 17.3 Å². The molecule has 0 aliphatic carbocycles. The monoisotopic (exact) mass is 253 g/mol. The smallest absolute Gasteiger partial charge is 0.309 e. The van der Waals surface area contributed by atoms with Crippen LogP contribution >= 0.6 is 11.3 Å². The highest BCUT2D eigenvalue weighted by Crippen LogP contribution is 2.18. The second-order valence-electron chi connectivity index (χ2n) is 4.57. The molecule has 1 aliphatic rings. The normalized spacial score (nSPS) is 24.5. The molecule has 0 amide bonds. The molecule has 17 heavy (non-hydrogen) atoms. The Labute approximate surface area is 106 Å². The van der Waals surface area contributed by atoms with Crippen molar-refractivity contribution in [2.24, 2.45) is 5.92 Å². The van der Waals surface area contributed by atoms with E-state index in [9.17, 15) is 4.79 Å². The minimum absolute atomic E-state index is 0.0186. The average Bonchev–Trinajstić information content (AvgIpc) is 2.82. The number of ether oxygens (including phenoxy) is 1. The Morgan fingerprint density at radius 3 is 3.24 bits per heavy atom. The first-order chi connectivity index (χ1) is 8.25. The maximum absolute atomic E-state index is 11.8. The van der Waals surface area contributed by atoms with Crippen LogP contribution in [0.2, 0.25) is 0 Å². The summed E-state index contributed by atoms with van der Waals surface area (Å²) in [4.78, 5) is 13.1. The Morgan fingerprint density at radius 2 is 2.53 bits per heavy atom. The molecule has 0 bridgehead atoms. The fourth-order valence-electron chi connectivity index (χ4n) is 2.17. The molecule has 0 spiro atoms. The Hall–Kier alpha value is -0.870. The van der Waals surface area contributed by atoms with E-state index in [4.69, 9.17) is 4.74 Å². The van der Waals surface area contributed by atoms with Crippen LogP contribution in [0.25, 0.3) is 0 Å². The molecule has 2 atom stereocenters. The van der Waals surface area contributed by atoms with Crippen LogP contribution in [0.5, 0.6) is 0 Å². The minimum atomic E-state index is -0.0186. The molecule has 2 rings (SSSR count). The zero-order valence-electron chi connectivity index (χ0n) is 10.1. The number of rotatable bonds is 4. The van der Waals surface area contributed by atoms with Crippen molar-refractivity contribution in [2.75, 3.05) is 13.2 Å². The Balaban J connectivity index is 1.70. The van der Waals surface area contributed by atoms with Crippen molar-refractivity contribution in [2.45, 2.75) is 32.2 Å². The third-order valence-corrected chi connectivity index (χ3v) is 4.07. The fraction of sp³-hybridized carbons (Fsp3) is 0.615. The quantitative estimate of drug-likeness (QED) is 0.836. The molecule has 3 nitrogen and oxygen atoms in total. The highest BCUT2D eigenvalue weighted by atomic mass is 32.1. The summed E-state index contributed by atoms with van der Waals surface area (Å²) in [5.74, 6) is 0.0736. The zero-order chi connectivity index (χ0) is 12.1. The van der Waals surface area contributed by atoms with Gasteiger partial charge >= 0.3 is 5.97 Å². The predicted octanol–water partition coefficient (Wildman–Crippen LogP) is 2.22. The van der Waals surface area contributed by atoms with Gasteiger partial charge in [-0.05, 0) is 37.8 Å². The molecule has 1 fully saturated rings. The molecule has 4 heteroatoms. The molecule has 1 aromatic rings. The Bertz CT molecular complexity index is 350. The summed E-state index contributed by atoms with van der Waals surface area (Å²) in [5, 5.41) is 5.39. The molecular formula is C13H19NO2S. The van der Waals surface area contributed by atoms with Gasteiger partial charge in [-0.2, -0.15) is 0 Å². The summed E-state index contributed by atoms with van der Waals surface area (Å²) in [6, 6.07) is 4.53. The van der Waals surface area contributed by atoms with Crippen LogP contribution in [0.3, 0.4) is 0 Å². The molecule has 0 aromatic carbocycles. The van der Waals surface area contributed by atoms with E-state index in [1.165, 1.54) is 4.88 Å². The second-order valence-corrected chi connectivity index (χ2v) is 5.61. The SMILES string of the molecule is CC1CC(C(=O)OCCc2cccs2)CCN1. The summed E-state index contributed by atoms with van der Waals surface area (Å²) in [5.41, 5.74) is 0. The maximum Gasteiger partial charge on any atom is 0.309 e. The molecule has 2 heterocycles. The third-order valence-electron chi connectivity index (χ3n) is 3.13. The molecule has 94 valence electrons. The lowest BCUT2D eigenvalue weighted by Gasteiger charge is -2.26. The molecule has 0 saturated carbocycles. The number of esters is 1. The number of carbonyl (C=O) groups excluding carboxylic acids is 1. The summed E-state index contributed by atoms with van der Waals surface area (Å²) < 4.78 is 5.34. The van der Waals surface area contributed by atoms with Crippen molar-refractivity contribution in [3.05, 3.63) is 22.4 Å². The molecule has 0 radical (unpaired) electrons. The second kappa shape index (κ2) is 6.17. The number of carbonyl (C=O) groups is 1. The minimum Gasteiger partial charge on any atom is -0.465 e. The van der Waals surface area contributed by atoms with Gasteiger partial charge in [-0.25, -0.2) is 0 Å². The van der Waals surface area contributed by atoms with E-state index < -0.39 is 0 Å².